The zero-order chi connectivity index (χ0) is 19.3. The molecule has 2 fully saturated rings. The number of anilines is 2. The standard InChI is InChI=1S/C23H30N4O/c1-19-6-2-3-7-20(19)18-25-14-16-27(17-15-25)23(28)24-21-8-10-22(11-9-21)26-12-4-5-13-26/h2-3,6-11H,4-5,12-18H2,1H3,(H,24,28). The fraction of sp³-hybridized carbons (Fsp3) is 0.435. The van der Waals surface area contributed by atoms with Crippen molar-refractivity contribution < 1.29 is 4.79 Å². The van der Waals surface area contributed by atoms with Crippen LogP contribution in [0.15, 0.2) is 48.5 Å². The van der Waals surface area contributed by atoms with E-state index in [9.17, 15) is 4.79 Å². The topological polar surface area (TPSA) is 38.8 Å². The number of piperazine rings is 1. The van der Waals surface area contributed by atoms with E-state index in [0.29, 0.717) is 0 Å². The number of urea groups is 1. The van der Waals surface area contributed by atoms with Crippen LogP contribution in [0.4, 0.5) is 16.2 Å². The molecule has 2 amide bonds. The summed E-state index contributed by atoms with van der Waals surface area (Å²) in [5.41, 5.74) is 4.83. The average molecular weight is 379 g/mol. The lowest BCUT2D eigenvalue weighted by Gasteiger charge is -2.35. The van der Waals surface area contributed by atoms with Crippen LogP contribution in [0.25, 0.3) is 0 Å². The van der Waals surface area contributed by atoms with Gasteiger partial charge in [0, 0.05) is 57.2 Å². The zero-order valence-electron chi connectivity index (χ0n) is 16.7. The second-order valence-electron chi connectivity index (χ2n) is 7.86. The molecule has 0 saturated carbocycles. The zero-order valence-corrected chi connectivity index (χ0v) is 16.7. The van der Waals surface area contributed by atoms with Crippen LogP contribution in [0.5, 0.6) is 0 Å². The van der Waals surface area contributed by atoms with Crippen LogP contribution >= 0.6 is 0 Å². The predicted octanol–water partition coefficient (Wildman–Crippen LogP) is 3.94. The van der Waals surface area contributed by atoms with Gasteiger partial charge in [-0.3, -0.25) is 4.90 Å². The van der Waals surface area contributed by atoms with Crippen LogP contribution in [-0.2, 0) is 6.54 Å². The highest BCUT2D eigenvalue weighted by Gasteiger charge is 2.21. The molecule has 2 aliphatic rings. The molecule has 148 valence electrons. The number of nitrogens with zero attached hydrogens (tertiary/aromatic N) is 3. The molecular formula is C23H30N4O. The van der Waals surface area contributed by atoms with E-state index in [0.717, 1.165) is 51.5 Å². The number of hydrogen-bond donors (Lipinski definition) is 1. The largest absolute Gasteiger partial charge is 0.372 e. The second kappa shape index (κ2) is 8.65. The Balaban J connectivity index is 1.26. The van der Waals surface area contributed by atoms with Crippen molar-refractivity contribution >= 4 is 17.4 Å². The molecule has 0 unspecified atom stereocenters. The maximum Gasteiger partial charge on any atom is 0.321 e. The fourth-order valence-electron chi connectivity index (χ4n) is 4.07. The molecule has 0 aromatic heterocycles. The van der Waals surface area contributed by atoms with Gasteiger partial charge in [-0.15, -0.1) is 0 Å². The lowest BCUT2D eigenvalue weighted by atomic mass is 10.1. The summed E-state index contributed by atoms with van der Waals surface area (Å²) in [4.78, 5) is 19.4. The summed E-state index contributed by atoms with van der Waals surface area (Å²) in [6, 6.07) is 16.8. The van der Waals surface area contributed by atoms with E-state index in [1.165, 1.54) is 29.7 Å². The molecule has 2 aliphatic heterocycles. The first kappa shape index (κ1) is 18.8. The molecule has 2 heterocycles. The highest BCUT2D eigenvalue weighted by molar-refractivity contribution is 5.89. The molecule has 0 spiro atoms. The second-order valence-corrected chi connectivity index (χ2v) is 7.86. The van der Waals surface area contributed by atoms with E-state index < -0.39 is 0 Å². The number of hydrogen-bond acceptors (Lipinski definition) is 3. The van der Waals surface area contributed by atoms with Crippen molar-refractivity contribution in [2.24, 2.45) is 0 Å². The van der Waals surface area contributed by atoms with E-state index in [1.807, 2.05) is 17.0 Å². The van der Waals surface area contributed by atoms with E-state index in [4.69, 9.17) is 0 Å². The van der Waals surface area contributed by atoms with Gasteiger partial charge in [0.2, 0.25) is 0 Å². The Bertz CT molecular complexity index is 791. The summed E-state index contributed by atoms with van der Waals surface area (Å²) in [6.07, 6.45) is 2.54. The summed E-state index contributed by atoms with van der Waals surface area (Å²) in [6.45, 7) is 8.75. The van der Waals surface area contributed by atoms with Crippen molar-refractivity contribution in [1.29, 1.82) is 0 Å². The van der Waals surface area contributed by atoms with Gasteiger partial charge >= 0.3 is 6.03 Å². The third-order valence-corrected chi connectivity index (χ3v) is 5.90. The van der Waals surface area contributed by atoms with Gasteiger partial charge in [-0.2, -0.15) is 0 Å². The molecule has 5 nitrogen and oxygen atoms in total. The molecule has 2 aromatic carbocycles. The number of carbonyl (C=O) groups is 1. The Morgan fingerprint density at radius 2 is 1.57 bits per heavy atom. The van der Waals surface area contributed by atoms with Crippen molar-refractivity contribution in [2.45, 2.75) is 26.3 Å². The minimum Gasteiger partial charge on any atom is -0.372 e. The van der Waals surface area contributed by atoms with Gasteiger partial charge < -0.3 is 15.1 Å². The van der Waals surface area contributed by atoms with Crippen LogP contribution in [0.2, 0.25) is 0 Å². The van der Waals surface area contributed by atoms with Crippen molar-refractivity contribution in [2.75, 3.05) is 49.5 Å². The molecule has 0 bridgehead atoms. The first-order valence-electron chi connectivity index (χ1n) is 10.4. The number of nitrogens with one attached hydrogen (secondary N) is 1. The maximum absolute atomic E-state index is 12.6. The van der Waals surface area contributed by atoms with Gasteiger partial charge in [0.05, 0.1) is 0 Å². The monoisotopic (exact) mass is 378 g/mol. The lowest BCUT2D eigenvalue weighted by molar-refractivity contribution is 0.143. The average Bonchev–Trinajstić information content (AvgIpc) is 3.26. The lowest BCUT2D eigenvalue weighted by Crippen LogP contribution is -2.49. The number of benzene rings is 2. The van der Waals surface area contributed by atoms with Crippen LogP contribution in [0.3, 0.4) is 0 Å². The molecule has 28 heavy (non-hydrogen) atoms. The first-order valence-corrected chi connectivity index (χ1v) is 10.4. The Kier molecular flexibility index (Phi) is 5.81. The first-order chi connectivity index (χ1) is 13.7. The van der Waals surface area contributed by atoms with Gasteiger partial charge in [-0.1, -0.05) is 24.3 Å². The number of amides is 2. The molecule has 2 saturated heterocycles. The van der Waals surface area contributed by atoms with E-state index in [2.05, 4.69) is 58.4 Å². The van der Waals surface area contributed by atoms with Crippen LogP contribution in [0.1, 0.15) is 24.0 Å². The summed E-state index contributed by atoms with van der Waals surface area (Å²) in [5, 5.41) is 3.05. The summed E-state index contributed by atoms with van der Waals surface area (Å²) < 4.78 is 0. The molecule has 0 radical (unpaired) electrons. The van der Waals surface area contributed by atoms with E-state index in [-0.39, 0.29) is 6.03 Å². The number of carbonyl (C=O) groups excluding carboxylic acids is 1. The molecule has 2 aromatic rings. The SMILES string of the molecule is Cc1ccccc1CN1CCN(C(=O)Nc2ccc(N3CCCC3)cc2)CC1. The van der Waals surface area contributed by atoms with Gasteiger partial charge in [0.1, 0.15) is 0 Å². The third kappa shape index (κ3) is 4.47. The molecule has 0 atom stereocenters. The molecule has 0 aliphatic carbocycles. The van der Waals surface area contributed by atoms with Crippen LogP contribution < -0.4 is 10.2 Å². The Morgan fingerprint density at radius 3 is 2.25 bits per heavy atom. The summed E-state index contributed by atoms with van der Waals surface area (Å²) in [5.74, 6) is 0. The highest BCUT2D eigenvalue weighted by Crippen LogP contribution is 2.22. The number of aryl methyl sites for hydroxylation is 1. The van der Waals surface area contributed by atoms with Gasteiger partial charge in [-0.25, -0.2) is 4.79 Å². The number of rotatable bonds is 4. The van der Waals surface area contributed by atoms with E-state index in [1.54, 1.807) is 0 Å². The summed E-state index contributed by atoms with van der Waals surface area (Å²) >= 11 is 0. The maximum atomic E-state index is 12.6. The van der Waals surface area contributed by atoms with Crippen LogP contribution in [-0.4, -0.2) is 55.1 Å². The Morgan fingerprint density at radius 1 is 0.893 bits per heavy atom. The smallest absolute Gasteiger partial charge is 0.321 e. The molecular weight excluding hydrogens is 348 g/mol. The Labute approximate surface area is 167 Å². The van der Waals surface area contributed by atoms with Gasteiger partial charge in [0.15, 0.2) is 0 Å². The molecule has 5 heteroatoms. The third-order valence-electron chi connectivity index (χ3n) is 5.90. The van der Waals surface area contributed by atoms with Crippen molar-refractivity contribution in [3.63, 3.8) is 0 Å². The fourth-order valence-corrected chi connectivity index (χ4v) is 4.07. The predicted molar refractivity (Wildman–Crippen MR) is 115 cm³/mol. The quantitative estimate of drug-likeness (QED) is 0.876. The van der Waals surface area contributed by atoms with Gasteiger partial charge in [-0.05, 0) is 55.2 Å². The minimum atomic E-state index is 0.00413. The molecule has 4 rings (SSSR count). The van der Waals surface area contributed by atoms with Crippen molar-refractivity contribution in [1.82, 2.24) is 9.80 Å². The summed E-state index contributed by atoms with van der Waals surface area (Å²) in [7, 11) is 0. The normalized spacial score (nSPS) is 17.8. The van der Waals surface area contributed by atoms with Crippen molar-refractivity contribution in [3.8, 4) is 0 Å². The van der Waals surface area contributed by atoms with Crippen LogP contribution in [0, 0.1) is 6.92 Å². The minimum absolute atomic E-state index is 0.00413. The highest BCUT2D eigenvalue weighted by atomic mass is 16.2. The molecule has 1 N–H and O–H groups in total. The van der Waals surface area contributed by atoms with Gasteiger partial charge in [0.25, 0.3) is 0 Å². The Hall–Kier alpha value is -2.53. The van der Waals surface area contributed by atoms with E-state index >= 15 is 0 Å². The van der Waals surface area contributed by atoms with Crippen molar-refractivity contribution in [3.05, 3.63) is 59.7 Å².